The molecule has 2 aromatic rings. The quantitative estimate of drug-likeness (QED) is 0.671. The van der Waals surface area contributed by atoms with E-state index in [1.165, 1.54) is 0 Å². The zero-order chi connectivity index (χ0) is 11.4. The van der Waals surface area contributed by atoms with Crippen LogP contribution in [0, 0.1) is 0 Å². The molecule has 3 nitrogen and oxygen atoms in total. The molecule has 0 radical (unpaired) electrons. The van der Waals surface area contributed by atoms with Gasteiger partial charge in [0.15, 0.2) is 18.9 Å². The van der Waals surface area contributed by atoms with Gasteiger partial charge in [-0.1, -0.05) is 18.2 Å². The van der Waals surface area contributed by atoms with Gasteiger partial charge in [-0.2, -0.15) is 0 Å². The minimum atomic E-state index is -0.562. The van der Waals surface area contributed by atoms with E-state index in [0.29, 0.717) is 6.54 Å². The molecule has 1 heterocycles. The number of halogens is 1. The van der Waals surface area contributed by atoms with Gasteiger partial charge in [0.05, 0.1) is 0 Å². The average Bonchev–Trinajstić information content (AvgIpc) is 2.31. The van der Waals surface area contributed by atoms with Gasteiger partial charge in [0.1, 0.15) is 11.9 Å². The van der Waals surface area contributed by atoms with Gasteiger partial charge in [-0.3, -0.25) is 0 Å². The Kier molecular flexibility index (Phi) is 5.12. The summed E-state index contributed by atoms with van der Waals surface area (Å²) < 4.78 is 1.91. The third-order valence-electron chi connectivity index (χ3n) is 2.44. The minimum absolute atomic E-state index is 0. The number of hydrogen-bond donors (Lipinski definition) is 2. The molecular formula is C13H14BrNO2. The first-order chi connectivity index (χ1) is 7.75. The molecule has 0 amide bonds. The Balaban J connectivity index is 0.00000144. The Morgan fingerprint density at radius 3 is 2.18 bits per heavy atom. The molecule has 1 aromatic heterocycles. The third kappa shape index (κ3) is 3.84. The topological polar surface area (TPSA) is 44.3 Å². The van der Waals surface area contributed by atoms with Crippen LogP contribution in [-0.2, 0) is 6.54 Å². The fourth-order valence-electron chi connectivity index (χ4n) is 1.56. The smallest absolute Gasteiger partial charge is 0.178 e. The number of aromatic nitrogens is 1. The highest BCUT2D eigenvalue weighted by Crippen LogP contribution is 2.16. The van der Waals surface area contributed by atoms with E-state index in [1.807, 2.05) is 35.2 Å². The van der Waals surface area contributed by atoms with Crippen LogP contribution in [0.5, 0.6) is 5.75 Å². The van der Waals surface area contributed by atoms with Gasteiger partial charge >= 0.3 is 0 Å². The predicted molar refractivity (Wildman–Crippen MR) is 59.7 cm³/mol. The summed E-state index contributed by atoms with van der Waals surface area (Å²) in [5, 5.41) is 19.1. The van der Waals surface area contributed by atoms with E-state index >= 15 is 0 Å². The van der Waals surface area contributed by atoms with Crippen LogP contribution in [0.3, 0.4) is 0 Å². The van der Waals surface area contributed by atoms with E-state index in [0.717, 1.165) is 5.56 Å². The van der Waals surface area contributed by atoms with Crippen molar-refractivity contribution in [2.24, 2.45) is 0 Å². The Bertz CT molecular complexity index is 445. The van der Waals surface area contributed by atoms with Crippen molar-refractivity contribution in [3.63, 3.8) is 0 Å². The number of nitrogens with zero attached hydrogens (tertiary/aromatic N) is 1. The van der Waals surface area contributed by atoms with E-state index in [4.69, 9.17) is 5.11 Å². The summed E-state index contributed by atoms with van der Waals surface area (Å²) in [6.45, 7) is 0.506. The fourth-order valence-corrected chi connectivity index (χ4v) is 1.56. The molecule has 17 heavy (non-hydrogen) atoms. The van der Waals surface area contributed by atoms with Gasteiger partial charge in [0, 0.05) is 12.1 Å². The maximum Gasteiger partial charge on any atom is 0.178 e. The molecule has 1 atom stereocenters. The van der Waals surface area contributed by atoms with Crippen LogP contribution in [0.15, 0.2) is 54.9 Å². The third-order valence-corrected chi connectivity index (χ3v) is 2.44. The molecule has 90 valence electrons. The van der Waals surface area contributed by atoms with Gasteiger partial charge in [0.2, 0.25) is 0 Å². The summed E-state index contributed by atoms with van der Waals surface area (Å²) in [6.07, 6.45) is 3.25. The van der Waals surface area contributed by atoms with Crippen molar-refractivity contribution in [2.75, 3.05) is 0 Å². The lowest BCUT2D eigenvalue weighted by molar-refractivity contribution is -0.704. The number of rotatable bonds is 3. The second-order valence-corrected chi connectivity index (χ2v) is 3.68. The summed E-state index contributed by atoms with van der Waals surface area (Å²) in [6, 6.07) is 12.4. The number of hydrogen-bond acceptors (Lipinski definition) is 2. The Morgan fingerprint density at radius 1 is 1.00 bits per heavy atom. The van der Waals surface area contributed by atoms with Crippen LogP contribution in [-0.4, -0.2) is 10.2 Å². The molecule has 1 unspecified atom stereocenters. The minimum Gasteiger partial charge on any atom is -1.00 e. The second-order valence-electron chi connectivity index (χ2n) is 3.68. The van der Waals surface area contributed by atoms with E-state index in [2.05, 4.69) is 0 Å². The lowest BCUT2D eigenvalue weighted by Crippen LogP contribution is -3.00. The zero-order valence-corrected chi connectivity index (χ0v) is 10.8. The number of phenols is 1. The van der Waals surface area contributed by atoms with Gasteiger partial charge < -0.3 is 27.2 Å². The van der Waals surface area contributed by atoms with E-state index in [9.17, 15) is 5.11 Å². The predicted octanol–water partition coefficient (Wildman–Crippen LogP) is -1.58. The van der Waals surface area contributed by atoms with E-state index in [1.54, 1.807) is 24.3 Å². The fraction of sp³-hybridized carbons (Fsp3) is 0.154. The SMILES string of the molecule is Oc1ccc(C(O)C[n+]2ccccc2)cc1.[Br-]. The molecule has 2 N–H and O–H groups in total. The standard InChI is InChI=1S/C13H13NO2.BrH/c15-12-6-4-11(5-7-12)13(16)10-14-8-2-1-3-9-14;/h1-9,13,16H,10H2;1H. The number of aliphatic hydroxyl groups excluding tert-OH is 1. The lowest BCUT2D eigenvalue weighted by Gasteiger charge is -2.07. The molecule has 4 heteroatoms. The number of pyridine rings is 1. The first kappa shape index (κ1) is 13.7. The van der Waals surface area contributed by atoms with Crippen LogP contribution in [0.25, 0.3) is 0 Å². The number of benzene rings is 1. The zero-order valence-electron chi connectivity index (χ0n) is 9.20. The highest BCUT2D eigenvalue weighted by molar-refractivity contribution is 5.26. The largest absolute Gasteiger partial charge is 1.00 e. The molecule has 0 aliphatic rings. The molecule has 0 aliphatic carbocycles. The number of aromatic hydroxyl groups is 1. The molecule has 0 aliphatic heterocycles. The molecule has 2 rings (SSSR count). The van der Waals surface area contributed by atoms with Crippen LogP contribution in [0.1, 0.15) is 11.7 Å². The summed E-state index contributed by atoms with van der Waals surface area (Å²) >= 11 is 0. The summed E-state index contributed by atoms with van der Waals surface area (Å²) in [5.41, 5.74) is 0.800. The first-order valence-electron chi connectivity index (χ1n) is 5.17. The van der Waals surface area contributed by atoms with Crippen molar-refractivity contribution in [3.05, 3.63) is 60.4 Å². The molecule has 0 saturated carbocycles. The molecule has 0 bridgehead atoms. The Hall–Kier alpha value is -1.39. The van der Waals surface area contributed by atoms with Gasteiger partial charge in [0.25, 0.3) is 0 Å². The van der Waals surface area contributed by atoms with Crippen molar-refractivity contribution in [1.82, 2.24) is 0 Å². The maximum atomic E-state index is 9.96. The summed E-state index contributed by atoms with van der Waals surface area (Å²) in [5.74, 6) is 0.211. The van der Waals surface area contributed by atoms with Crippen molar-refractivity contribution < 1.29 is 31.8 Å². The van der Waals surface area contributed by atoms with Crippen LogP contribution >= 0.6 is 0 Å². The number of aliphatic hydroxyl groups is 1. The van der Waals surface area contributed by atoms with Crippen LogP contribution in [0.4, 0.5) is 0 Å². The van der Waals surface area contributed by atoms with Crippen molar-refractivity contribution in [2.45, 2.75) is 12.6 Å². The van der Waals surface area contributed by atoms with Gasteiger partial charge in [-0.15, -0.1) is 0 Å². The van der Waals surface area contributed by atoms with Crippen molar-refractivity contribution >= 4 is 0 Å². The first-order valence-corrected chi connectivity index (χ1v) is 5.17. The lowest BCUT2D eigenvalue weighted by atomic mass is 10.1. The van der Waals surface area contributed by atoms with E-state index < -0.39 is 6.10 Å². The van der Waals surface area contributed by atoms with Crippen LogP contribution < -0.4 is 21.5 Å². The Morgan fingerprint density at radius 2 is 1.59 bits per heavy atom. The van der Waals surface area contributed by atoms with E-state index in [-0.39, 0.29) is 22.7 Å². The molecular weight excluding hydrogens is 282 g/mol. The molecule has 0 fully saturated rings. The number of phenolic OH excluding ortho intramolecular Hbond substituents is 1. The van der Waals surface area contributed by atoms with Crippen molar-refractivity contribution in [3.8, 4) is 5.75 Å². The summed E-state index contributed by atoms with van der Waals surface area (Å²) in [7, 11) is 0. The highest BCUT2D eigenvalue weighted by Gasteiger charge is 2.12. The highest BCUT2D eigenvalue weighted by atomic mass is 79.9. The maximum absolute atomic E-state index is 9.96. The molecule has 1 aromatic carbocycles. The van der Waals surface area contributed by atoms with Gasteiger partial charge in [-0.05, 0) is 17.7 Å². The molecule has 0 saturated heterocycles. The monoisotopic (exact) mass is 295 g/mol. The van der Waals surface area contributed by atoms with Gasteiger partial charge in [-0.25, -0.2) is 4.57 Å². The summed E-state index contributed by atoms with van der Waals surface area (Å²) in [4.78, 5) is 0. The van der Waals surface area contributed by atoms with Crippen LogP contribution in [0.2, 0.25) is 0 Å². The second kappa shape index (κ2) is 6.37. The Labute approximate surface area is 111 Å². The molecule has 0 spiro atoms. The average molecular weight is 296 g/mol. The van der Waals surface area contributed by atoms with Crippen molar-refractivity contribution in [1.29, 1.82) is 0 Å². The normalized spacial score (nSPS) is 11.6.